The van der Waals surface area contributed by atoms with Crippen LogP contribution in [0.3, 0.4) is 0 Å². The molecule has 0 spiro atoms. The minimum atomic E-state index is -4.01. The minimum absolute atomic E-state index is 0.382. The maximum Gasteiger partial charge on any atom is 0.400 e. The lowest BCUT2D eigenvalue weighted by atomic mass is 10.00. The number of rotatable bonds is 7. The van der Waals surface area contributed by atoms with E-state index in [0.29, 0.717) is 12.5 Å². The molecule has 80 valence electrons. The van der Waals surface area contributed by atoms with Crippen LogP contribution in [0.5, 0.6) is 0 Å². The Morgan fingerprint density at radius 3 is 2.38 bits per heavy atom. The first-order chi connectivity index (χ1) is 5.99. The molecule has 0 saturated heterocycles. The predicted octanol–water partition coefficient (Wildman–Crippen LogP) is 1.89. The van der Waals surface area contributed by atoms with Crippen molar-refractivity contribution in [3.8, 4) is 0 Å². The maximum absolute atomic E-state index is 10.5. The fourth-order valence-corrected chi connectivity index (χ4v) is 1.69. The molecule has 0 amide bonds. The average Bonchev–Trinajstić information content (AvgIpc) is 2.03. The second kappa shape index (κ2) is 6.55. The van der Waals surface area contributed by atoms with Crippen molar-refractivity contribution in [3.05, 3.63) is 0 Å². The molecule has 0 aromatic rings. The number of nitrogens with one attached hydrogen (secondary N) is 1. The summed E-state index contributed by atoms with van der Waals surface area (Å²) in [4.78, 5) is 17.2. The first kappa shape index (κ1) is 13.1. The first-order valence-corrected chi connectivity index (χ1v) is 6.41. The van der Waals surface area contributed by atoms with Crippen molar-refractivity contribution >= 4 is 7.75 Å². The smallest absolute Gasteiger partial charge is 0.313 e. The van der Waals surface area contributed by atoms with Crippen LogP contribution in [-0.4, -0.2) is 16.3 Å². The second-order valence-corrected chi connectivity index (χ2v) is 4.73. The molecule has 0 rings (SSSR count). The van der Waals surface area contributed by atoms with Crippen LogP contribution in [-0.2, 0) is 4.57 Å². The van der Waals surface area contributed by atoms with Crippen molar-refractivity contribution in [3.63, 3.8) is 0 Å². The van der Waals surface area contributed by atoms with E-state index in [4.69, 9.17) is 9.79 Å². The van der Waals surface area contributed by atoms with E-state index >= 15 is 0 Å². The molecule has 0 bridgehead atoms. The highest BCUT2D eigenvalue weighted by atomic mass is 31.2. The quantitative estimate of drug-likeness (QED) is 0.560. The van der Waals surface area contributed by atoms with Gasteiger partial charge in [0.05, 0.1) is 0 Å². The Balaban J connectivity index is 3.65. The van der Waals surface area contributed by atoms with Crippen molar-refractivity contribution < 1.29 is 14.4 Å². The molecule has 1 atom stereocenters. The molecule has 0 heterocycles. The van der Waals surface area contributed by atoms with Crippen LogP contribution in [0.2, 0.25) is 0 Å². The zero-order valence-corrected chi connectivity index (χ0v) is 9.26. The van der Waals surface area contributed by atoms with E-state index in [1.807, 2.05) is 6.92 Å². The summed E-state index contributed by atoms with van der Waals surface area (Å²) in [6.07, 6.45) is 4.26. The van der Waals surface area contributed by atoms with Gasteiger partial charge in [0.2, 0.25) is 0 Å². The van der Waals surface area contributed by atoms with Crippen molar-refractivity contribution in [2.24, 2.45) is 5.92 Å². The molecule has 0 aromatic heterocycles. The molecule has 0 radical (unpaired) electrons. The van der Waals surface area contributed by atoms with Crippen LogP contribution < -0.4 is 5.09 Å². The minimum Gasteiger partial charge on any atom is -0.313 e. The molecule has 0 aromatic carbocycles. The Morgan fingerprint density at radius 2 is 2.00 bits per heavy atom. The summed E-state index contributed by atoms with van der Waals surface area (Å²) in [5.41, 5.74) is 0. The van der Waals surface area contributed by atoms with Gasteiger partial charge in [-0.25, -0.2) is 9.65 Å². The molecule has 4 nitrogen and oxygen atoms in total. The SMILES string of the molecule is CCCCC(CC)CNP(=O)(O)O. The molecule has 3 N–H and O–H groups in total. The Morgan fingerprint density at radius 1 is 1.38 bits per heavy atom. The van der Waals surface area contributed by atoms with E-state index in [2.05, 4.69) is 12.0 Å². The first-order valence-electron chi connectivity index (χ1n) is 4.80. The highest BCUT2D eigenvalue weighted by Crippen LogP contribution is 2.28. The van der Waals surface area contributed by atoms with Crippen LogP contribution in [0.1, 0.15) is 39.5 Å². The van der Waals surface area contributed by atoms with Crippen molar-refractivity contribution in [1.29, 1.82) is 0 Å². The largest absolute Gasteiger partial charge is 0.400 e. The summed E-state index contributed by atoms with van der Waals surface area (Å²) in [6, 6.07) is 0. The normalized spacial score (nSPS) is 14.5. The van der Waals surface area contributed by atoms with Gasteiger partial charge in [0.15, 0.2) is 0 Å². The van der Waals surface area contributed by atoms with Crippen LogP contribution >= 0.6 is 7.75 Å². The number of hydrogen-bond donors (Lipinski definition) is 3. The number of unbranched alkanes of at least 4 members (excludes halogenated alkanes) is 1. The van der Waals surface area contributed by atoms with E-state index in [1.54, 1.807) is 0 Å². The van der Waals surface area contributed by atoms with Crippen LogP contribution in [0.25, 0.3) is 0 Å². The second-order valence-electron chi connectivity index (χ2n) is 3.32. The summed E-state index contributed by atoms with van der Waals surface area (Å²) in [5, 5.41) is 2.25. The van der Waals surface area contributed by atoms with Crippen LogP contribution in [0.15, 0.2) is 0 Å². The third-order valence-electron chi connectivity index (χ3n) is 2.13. The predicted molar refractivity (Wildman–Crippen MR) is 53.4 cm³/mol. The van der Waals surface area contributed by atoms with Crippen LogP contribution in [0, 0.1) is 5.92 Å². The van der Waals surface area contributed by atoms with Gasteiger partial charge in [-0.05, 0) is 12.3 Å². The van der Waals surface area contributed by atoms with Gasteiger partial charge < -0.3 is 9.79 Å². The fraction of sp³-hybridized carbons (Fsp3) is 1.00. The Hall–Kier alpha value is 0.110. The summed E-state index contributed by atoms with van der Waals surface area (Å²) in [5.74, 6) is 0.382. The van der Waals surface area contributed by atoms with Crippen molar-refractivity contribution in [2.75, 3.05) is 6.54 Å². The maximum atomic E-state index is 10.5. The topological polar surface area (TPSA) is 69.6 Å². The molecule has 5 heteroatoms. The third-order valence-corrected chi connectivity index (χ3v) is 2.72. The molecule has 1 unspecified atom stereocenters. The molecular weight excluding hydrogens is 189 g/mol. The van der Waals surface area contributed by atoms with E-state index in [-0.39, 0.29) is 0 Å². The highest BCUT2D eigenvalue weighted by Gasteiger charge is 2.14. The Bertz CT molecular complexity index is 169. The van der Waals surface area contributed by atoms with E-state index in [1.165, 1.54) is 0 Å². The summed E-state index contributed by atoms with van der Waals surface area (Å²) in [7, 11) is -4.01. The van der Waals surface area contributed by atoms with Gasteiger partial charge in [0, 0.05) is 6.54 Å². The molecule has 0 aliphatic carbocycles. The molecule has 0 aliphatic rings. The lowest BCUT2D eigenvalue weighted by Gasteiger charge is -2.15. The van der Waals surface area contributed by atoms with Gasteiger partial charge >= 0.3 is 7.75 Å². The van der Waals surface area contributed by atoms with Crippen molar-refractivity contribution in [2.45, 2.75) is 39.5 Å². The van der Waals surface area contributed by atoms with Gasteiger partial charge in [-0.3, -0.25) is 0 Å². The lowest BCUT2D eigenvalue weighted by Crippen LogP contribution is -2.19. The zero-order valence-electron chi connectivity index (χ0n) is 8.36. The molecule has 13 heavy (non-hydrogen) atoms. The molecule has 0 saturated carbocycles. The summed E-state index contributed by atoms with van der Waals surface area (Å²) in [6.45, 7) is 4.57. The van der Waals surface area contributed by atoms with E-state index < -0.39 is 7.75 Å². The highest BCUT2D eigenvalue weighted by molar-refractivity contribution is 7.49. The van der Waals surface area contributed by atoms with E-state index in [0.717, 1.165) is 25.7 Å². The molecule has 0 aliphatic heterocycles. The monoisotopic (exact) mass is 209 g/mol. The number of hydrogen-bond acceptors (Lipinski definition) is 1. The van der Waals surface area contributed by atoms with Crippen molar-refractivity contribution in [1.82, 2.24) is 5.09 Å². The Kier molecular flexibility index (Phi) is 6.60. The standard InChI is InChI=1S/C8H20NO3P/c1-3-5-6-8(4-2)7-9-13(10,11)12/h8H,3-7H2,1-2H3,(H3,9,10,11,12). The summed E-state index contributed by atoms with van der Waals surface area (Å²) < 4.78 is 10.5. The zero-order chi connectivity index (χ0) is 10.3. The van der Waals surface area contributed by atoms with Gasteiger partial charge in [0.1, 0.15) is 0 Å². The molecular formula is C8H20NO3P. The fourth-order valence-electron chi connectivity index (χ4n) is 1.19. The lowest BCUT2D eigenvalue weighted by molar-refractivity contribution is 0.344. The molecule has 0 fully saturated rings. The Labute approximate surface area is 80.0 Å². The van der Waals surface area contributed by atoms with E-state index in [9.17, 15) is 4.57 Å². The third kappa shape index (κ3) is 8.44. The van der Waals surface area contributed by atoms with Gasteiger partial charge in [-0.15, -0.1) is 0 Å². The average molecular weight is 209 g/mol. The van der Waals surface area contributed by atoms with Gasteiger partial charge in [-0.2, -0.15) is 0 Å². The summed E-state index contributed by atoms with van der Waals surface area (Å²) >= 11 is 0. The van der Waals surface area contributed by atoms with Crippen LogP contribution in [0.4, 0.5) is 0 Å². The van der Waals surface area contributed by atoms with Gasteiger partial charge in [0.25, 0.3) is 0 Å². The van der Waals surface area contributed by atoms with Gasteiger partial charge in [-0.1, -0.05) is 33.1 Å².